The quantitative estimate of drug-likeness (QED) is 0.864. The highest BCUT2D eigenvalue weighted by Gasteiger charge is 2.19. The Kier molecular flexibility index (Phi) is 4.90. The molecule has 0 unspecified atom stereocenters. The lowest BCUT2D eigenvalue weighted by molar-refractivity contribution is 0.214. The molecule has 0 bridgehead atoms. The van der Waals surface area contributed by atoms with Crippen LogP contribution in [0.5, 0.6) is 0 Å². The Labute approximate surface area is 144 Å². The van der Waals surface area contributed by atoms with Crippen LogP contribution >= 0.6 is 0 Å². The minimum atomic E-state index is 1.01. The van der Waals surface area contributed by atoms with E-state index in [0.717, 1.165) is 39.1 Å². The summed E-state index contributed by atoms with van der Waals surface area (Å²) in [5, 5.41) is 0. The van der Waals surface area contributed by atoms with Crippen LogP contribution in [0.15, 0.2) is 30.7 Å². The van der Waals surface area contributed by atoms with Gasteiger partial charge in [-0.05, 0) is 43.6 Å². The number of imidazole rings is 1. The van der Waals surface area contributed by atoms with Crippen LogP contribution in [0, 0.1) is 0 Å². The first-order valence-electron chi connectivity index (χ1n) is 9.25. The first-order chi connectivity index (χ1) is 11.9. The second-order valence-corrected chi connectivity index (χ2v) is 7.04. The zero-order valence-corrected chi connectivity index (χ0v) is 14.4. The number of piperidine rings is 1. The molecule has 4 heterocycles. The number of hydrogen-bond acceptors (Lipinski definition) is 4. The zero-order chi connectivity index (χ0) is 16.2. The van der Waals surface area contributed by atoms with Gasteiger partial charge in [-0.3, -0.25) is 14.8 Å². The average molecular weight is 325 g/mol. The molecular formula is C19H27N5. The molecule has 0 aromatic carbocycles. The van der Waals surface area contributed by atoms with E-state index in [2.05, 4.69) is 37.7 Å². The minimum Gasteiger partial charge on any atom is -0.329 e. The molecule has 2 aromatic heterocycles. The van der Waals surface area contributed by atoms with Gasteiger partial charge in [0.05, 0.1) is 5.69 Å². The zero-order valence-electron chi connectivity index (χ0n) is 14.4. The summed E-state index contributed by atoms with van der Waals surface area (Å²) < 4.78 is 2.47. The number of rotatable bonds is 4. The summed E-state index contributed by atoms with van der Waals surface area (Å²) in [7, 11) is 0. The van der Waals surface area contributed by atoms with Crippen molar-refractivity contribution in [2.75, 3.05) is 26.2 Å². The lowest BCUT2D eigenvalue weighted by Gasteiger charge is -2.26. The number of nitrogens with zero attached hydrogens (tertiary/aromatic N) is 5. The van der Waals surface area contributed by atoms with Crippen LogP contribution in [0.3, 0.4) is 0 Å². The van der Waals surface area contributed by atoms with E-state index >= 15 is 0 Å². The fourth-order valence-corrected chi connectivity index (χ4v) is 3.91. The van der Waals surface area contributed by atoms with Crippen LogP contribution < -0.4 is 0 Å². The summed E-state index contributed by atoms with van der Waals surface area (Å²) in [6.45, 7) is 7.81. The summed E-state index contributed by atoms with van der Waals surface area (Å²) in [5.74, 6) is 1.26. The van der Waals surface area contributed by atoms with E-state index in [-0.39, 0.29) is 0 Å². The molecular weight excluding hydrogens is 298 g/mol. The molecule has 0 amide bonds. The largest absolute Gasteiger partial charge is 0.329 e. The molecule has 2 aliphatic heterocycles. The van der Waals surface area contributed by atoms with Gasteiger partial charge in [-0.2, -0.15) is 0 Å². The number of fused-ring (bicyclic) bond motifs is 1. The van der Waals surface area contributed by atoms with Gasteiger partial charge in [0.2, 0.25) is 0 Å². The molecule has 4 rings (SSSR count). The van der Waals surface area contributed by atoms with Gasteiger partial charge < -0.3 is 4.57 Å². The number of hydrogen-bond donors (Lipinski definition) is 0. The molecule has 1 saturated heterocycles. The molecule has 0 saturated carbocycles. The van der Waals surface area contributed by atoms with Crippen molar-refractivity contribution in [3.8, 4) is 0 Å². The monoisotopic (exact) mass is 325 g/mol. The van der Waals surface area contributed by atoms with Crippen molar-refractivity contribution in [3.63, 3.8) is 0 Å². The molecule has 0 atom stereocenters. The number of pyridine rings is 1. The Morgan fingerprint density at radius 3 is 2.46 bits per heavy atom. The molecule has 128 valence electrons. The first kappa shape index (κ1) is 15.8. The highest BCUT2D eigenvalue weighted by atomic mass is 15.2. The SMILES string of the molecule is c1cc(CN2CCc3ncc(CN4CCCCC4)n3CC2)ccn1. The van der Waals surface area contributed by atoms with Gasteiger partial charge in [0, 0.05) is 57.7 Å². The van der Waals surface area contributed by atoms with Gasteiger partial charge in [0.25, 0.3) is 0 Å². The minimum absolute atomic E-state index is 1.01. The van der Waals surface area contributed by atoms with Crippen molar-refractivity contribution < 1.29 is 0 Å². The summed E-state index contributed by atoms with van der Waals surface area (Å²) in [6, 6.07) is 4.23. The van der Waals surface area contributed by atoms with Crippen molar-refractivity contribution in [3.05, 3.63) is 47.8 Å². The average Bonchev–Trinajstić information content (AvgIpc) is 2.89. The fraction of sp³-hybridized carbons (Fsp3) is 0.579. The molecule has 5 nitrogen and oxygen atoms in total. The standard InChI is InChI=1S/C19H27N5/c1-2-9-22(10-3-1)16-18-14-21-19-6-11-23(12-13-24(18)19)15-17-4-7-20-8-5-17/h4-5,7-8,14H,1-3,6,9-13,15-16H2. The van der Waals surface area contributed by atoms with Crippen molar-refractivity contribution in [1.29, 1.82) is 0 Å². The predicted octanol–water partition coefficient (Wildman–Crippen LogP) is 2.32. The number of likely N-dealkylation sites (tertiary alicyclic amines) is 1. The van der Waals surface area contributed by atoms with Crippen molar-refractivity contribution >= 4 is 0 Å². The third-order valence-corrected chi connectivity index (χ3v) is 5.30. The third kappa shape index (κ3) is 3.68. The predicted molar refractivity (Wildman–Crippen MR) is 94.6 cm³/mol. The molecule has 2 aliphatic rings. The van der Waals surface area contributed by atoms with E-state index in [1.807, 2.05) is 12.4 Å². The van der Waals surface area contributed by atoms with E-state index in [0.29, 0.717) is 0 Å². The molecule has 0 radical (unpaired) electrons. The molecule has 0 aliphatic carbocycles. The van der Waals surface area contributed by atoms with Gasteiger partial charge >= 0.3 is 0 Å². The first-order valence-corrected chi connectivity index (χ1v) is 9.25. The Bertz CT molecular complexity index is 645. The highest BCUT2D eigenvalue weighted by molar-refractivity contribution is 5.11. The van der Waals surface area contributed by atoms with Crippen LogP contribution in [0.4, 0.5) is 0 Å². The Morgan fingerprint density at radius 1 is 0.833 bits per heavy atom. The lowest BCUT2D eigenvalue weighted by Crippen LogP contribution is -2.30. The van der Waals surface area contributed by atoms with Crippen LogP contribution in [0.25, 0.3) is 0 Å². The Hall–Kier alpha value is -1.72. The molecule has 5 heteroatoms. The maximum Gasteiger partial charge on any atom is 0.110 e. The normalized spacial score (nSPS) is 19.8. The van der Waals surface area contributed by atoms with E-state index in [1.54, 1.807) is 0 Å². The van der Waals surface area contributed by atoms with Crippen LogP contribution in [0.1, 0.15) is 36.3 Å². The van der Waals surface area contributed by atoms with E-state index in [9.17, 15) is 0 Å². The van der Waals surface area contributed by atoms with Crippen LogP contribution in [-0.4, -0.2) is 50.5 Å². The van der Waals surface area contributed by atoms with Crippen molar-refractivity contribution in [1.82, 2.24) is 24.3 Å². The number of aromatic nitrogens is 3. The highest BCUT2D eigenvalue weighted by Crippen LogP contribution is 2.17. The lowest BCUT2D eigenvalue weighted by atomic mass is 10.1. The topological polar surface area (TPSA) is 37.2 Å². The van der Waals surface area contributed by atoms with Crippen LogP contribution in [0.2, 0.25) is 0 Å². The van der Waals surface area contributed by atoms with Crippen molar-refractivity contribution in [2.24, 2.45) is 0 Å². The van der Waals surface area contributed by atoms with Crippen LogP contribution in [-0.2, 0) is 26.1 Å². The van der Waals surface area contributed by atoms with Gasteiger partial charge in [-0.1, -0.05) is 6.42 Å². The maximum absolute atomic E-state index is 4.72. The van der Waals surface area contributed by atoms with Gasteiger partial charge in [0.15, 0.2) is 0 Å². The Balaban J connectivity index is 1.40. The van der Waals surface area contributed by atoms with Gasteiger partial charge in [-0.25, -0.2) is 4.98 Å². The third-order valence-electron chi connectivity index (χ3n) is 5.30. The van der Waals surface area contributed by atoms with E-state index < -0.39 is 0 Å². The van der Waals surface area contributed by atoms with Gasteiger partial charge in [-0.15, -0.1) is 0 Å². The molecule has 24 heavy (non-hydrogen) atoms. The molecule has 0 N–H and O–H groups in total. The fourth-order valence-electron chi connectivity index (χ4n) is 3.91. The summed E-state index contributed by atoms with van der Waals surface area (Å²) in [4.78, 5) is 14.0. The molecule has 2 aromatic rings. The maximum atomic E-state index is 4.72. The van der Waals surface area contributed by atoms with Gasteiger partial charge in [0.1, 0.15) is 5.82 Å². The van der Waals surface area contributed by atoms with Crippen molar-refractivity contribution in [2.45, 2.75) is 45.3 Å². The van der Waals surface area contributed by atoms with E-state index in [1.165, 1.54) is 49.4 Å². The summed E-state index contributed by atoms with van der Waals surface area (Å²) in [6.07, 6.45) is 11.0. The molecule has 0 spiro atoms. The Morgan fingerprint density at radius 2 is 1.62 bits per heavy atom. The summed E-state index contributed by atoms with van der Waals surface area (Å²) >= 11 is 0. The van der Waals surface area contributed by atoms with E-state index in [4.69, 9.17) is 4.98 Å². The second kappa shape index (κ2) is 7.45. The second-order valence-electron chi connectivity index (χ2n) is 7.04. The molecule has 1 fully saturated rings. The smallest absolute Gasteiger partial charge is 0.110 e. The summed E-state index contributed by atoms with van der Waals surface area (Å²) in [5.41, 5.74) is 2.75.